The van der Waals surface area contributed by atoms with E-state index >= 15 is 0 Å². The summed E-state index contributed by atoms with van der Waals surface area (Å²) in [4.78, 5) is 0. The average molecular weight is 286 g/mol. The molecule has 3 aromatic carbocycles. The summed E-state index contributed by atoms with van der Waals surface area (Å²) in [5, 5.41) is 2.95. The van der Waals surface area contributed by atoms with Gasteiger partial charge >= 0.3 is 0 Å². The second-order valence-electron chi connectivity index (χ2n) is 6.52. The van der Waals surface area contributed by atoms with Crippen molar-refractivity contribution < 1.29 is 0 Å². The normalized spacial score (nSPS) is 13.0. The summed E-state index contributed by atoms with van der Waals surface area (Å²) in [6.45, 7) is 4.47. The van der Waals surface area contributed by atoms with Crippen LogP contribution in [0.5, 0.6) is 0 Å². The van der Waals surface area contributed by atoms with E-state index < -0.39 is 0 Å². The van der Waals surface area contributed by atoms with Gasteiger partial charge < -0.3 is 0 Å². The summed E-state index contributed by atoms with van der Waals surface area (Å²) in [6, 6.07) is 18.4. The molecule has 0 aliphatic heterocycles. The number of benzene rings is 3. The maximum atomic E-state index is 2.47. The fourth-order valence-electron chi connectivity index (χ4n) is 3.92. The highest BCUT2D eigenvalue weighted by molar-refractivity contribution is 5.96. The van der Waals surface area contributed by atoms with Gasteiger partial charge in [0.1, 0.15) is 0 Å². The number of aryl methyl sites for hydroxylation is 4. The zero-order chi connectivity index (χ0) is 15.1. The van der Waals surface area contributed by atoms with E-state index in [4.69, 9.17) is 0 Å². The van der Waals surface area contributed by atoms with E-state index in [1.165, 1.54) is 51.4 Å². The van der Waals surface area contributed by atoms with Crippen molar-refractivity contribution in [3.63, 3.8) is 0 Å². The molecule has 0 spiro atoms. The highest BCUT2D eigenvalue weighted by Crippen LogP contribution is 2.39. The molecule has 1 aliphatic rings. The highest BCUT2D eigenvalue weighted by Gasteiger charge is 2.19. The highest BCUT2D eigenvalue weighted by atomic mass is 14.2. The predicted octanol–water partition coefficient (Wildman–Crippen LogP) is 5.87. The van der Waals surface area contributed by atoms with Crippen LogP contribution in [0.1, 0.15) is 35.6 Å². The molecule has 0 bridgehead atoms. The van der Waals surface area contributed by atoms with E-state index in [0.29, 0.717) is 0 Å². The van der Waals surface area contributed by atoms with Crippen LogP contribution in [0.15, 0.2) is 48.5 Å². The Kier molecular flexibility index (Phi) is 3.26. The van der Waals surface area contributed by atoms with E-state index in [-0.39, 0.29) is 0 Å². The first-order chi connectivity index (χ1) is 10.8. The predicted molar refractivity (Wildman–Crippen MR) is 95.5 cm³/mol. The molecule has 22 heavy (non-hydrogen) atoms. The van der Waals surface area contributed by atoms with Gasteiger partial charge in [0, 0.05) is 0 Å². The molecular weight excluding hydrogens is 264 g/mol. The standard InChI is InChI=1S/C22H22/c1-3-6-17-14-22-18-8-5-4-7-16(18)10-12-20(22)19-11-9-15(2)13-21(17)19/h4-5,7-9,11,13-14H,3,6,10,12H2,1-2H3. The molecule has 0 radical (unpaired) electrons. The van der Waals surface area contributed by atoms with Crippen molar-refractivity contribution >= 4 is 10.8 Å². The third-order valence-corrected chi connectivity index (χ3v) is 4.96. The Morgan fingerprint density at radius 2 is 1.73 bits per heavy atom. The van der Waals surface area contributed by atoms with Crippen LogP contribution in [0.25, 0.3) is 21.9 Å². The van der Waals surface area contributed by atoms with Crippen LogP contribution < -0.4 is 0 Å². The Morgan fingerprint density at radius 1 is 0.864 bits per heavy atom. The molecule has 0 heterocycles. The molecule has 0 saturated heterocycles. The first kappa shape index (κ1) is 13.6. The van der Waals surface area contributed by atoms with Crippen molar-refractivity contribution in [2.45, 2.75) is 39.5 Å². The van der Waals surface area contributed by atoms with E-state index in [1.807, 2.05) is 0 Å². The summed E-state index contributed by atoms with van der Waals surface area (Å²) in [5.74, 6) is 0. The molecule has 4 rings (SSSR count). The maximum absolute atomic E-state index is 2.47. The molecule has 0 unspecified atom stereocenters. The van der Waals surface area contributed by atoms with Gasteiger partial charge in [0.15, 0.2) is 0 Å². The zero-order valence-corrected chi connectivity index (χ0v) is 13.4. The second-order valence-corrected chi connectivity index (χ2v) is 6.52. The Morgan fingerprint density at radius 3 is 2.59 bits per heavy atom. The van der Waals surface area contributed by atoms with Gasteiger partial charge in [-0.15, -0.1) is 0 Å². The average Bonchev–Trinajstić information content (AvgIpc) is 2.55. The van der Waals surface area contributed by atoms with E-state index in [9.17, 15) is 0 Å². The van der Waals surface area contributed by atoms with E-state index in [2.05, 4.69) is 62.4 Å². The van der Waals surface area contributed by atoms with Gasteiger partial charge in [0.05, 0.1) is 0 Å². The first-order valence-corrected chi connectivity index (χ1v) is 8.41. The Bertz CT molecular complexity index is 855. The minimum absolute atomic E-state index is 1.16. The van der Waals surface area contributed by atoms with E-state index in [0.717, 1.165) is 12.8 Å². The quantitative estimate of drug-likeness (QED) is 0.553. The van der Waals surface area contributed by atoms with Gasteiger partial charge in [0.2, 0.25) is 0 Å². The summed E-state index contributed by atoms with van der Waals surface area (Å²) in [7, 11) is 0. The Balaban J connectivity index is 2.07. The summed E-state index contributed by atoms with van der Waals surface area (Å²) in [5.41, 5.74) is 8.85. The first-order valence-electron chi connectivity index (χ1n) is 8.41. The number of hydrogen-bond donors (Lipinski definition) is 0. The molecule has 0 saturated carbocycles. The fourth-order valence-corrected chi connectivity index (χ4v) is 3.92. The molecule has 0 N–H and O–H groups in total. The lowest BCUT2D eigenvalue weighted by Crippen LogP contribution is -2.06. The molecule has 1 aliphatic carbocycles. The number of hydrogen-bond acceptors (Lipinski definition) is 0. The lowest BCUT2D eigenvalue weighted by molar-refractivity contribution is 0.920. The molecule has 0 atom stereocenters. The van der Waals surface area contributed by atoms with Crippen LogP contribution >= 0.6 is 0 Å². The van der Waals surface area contributed by atoms with Gasteiger partial charge in [-0.2, -0.15) is 0 Å². The molecule has 0 amide bonds. The van der Waals surface area contributed by atoms with Crippen molar-refractivity contribution in [1.29, 1.82) is 0 Å². The summed E-state index contributed by atoms with van der Waals surface area (Å²) in [6.07, 6.45) is 4.69. The zero-order valence-electron chi connectivity index (χ0n) is 13.4. The molecule has 0 aromatic heterocycles. The smallest absolute Gasteiger partial charge is 0.0140 e. The van der Waals surface area contributed by atoms with Gasteiger partial charge in [-0.05, 0) is 64.8 Å². The van der Waals surface area contributed by atoms with Crippen LogP contribution in [-0.2, 0) is 19.3 Å². The van der Waals surface area contributed by atoms with Crippen molar-refractivity contribution in [2.75, 3.05) is 0 Å². The number of rotatable bonds is 2. The van der Waals surface area contributed by atoms with Crippen LogP contribution in [0, 0.1) is 6.92 Å². The van der Waals surface area contributed by atoms with Crippen LogP contribution in [0.2, 0.25) is 0 Å². The lowest BCUT2D eigenvalue weighted by Gasteiger charge is -2.23. The number of fused-ring (bicyclic) bond motifs is 5. The topological polar surface area (TPSA) is 0 Å². The molecular formula is C22H22. The summed E-state index contributed by atoms with van der Waals surface area (Å²) < 4.78 is 0. The van der Waals surface area contributed by atoms with Gasteiger partial charge in [0.25, 0.3) is 0 Å². The molecule has 0 heteroatoms. The van der Waals surface area contributed by atoms with Crippen molar-refractivity contribution in [1.82, 2.24) is 0 Å². The van der Waals surface area contributed by atoms with Crippen LogP contribution in [0.3, 0.4) is 0 Å². The molecule has 0 nitrogen and oxygen atoms in total. The Labute approximate surface area is 132 Å². The van der Waals surface area contributed by atoms with Crippen molar-refractivity contribution in [3.05, 3.63) is 70.8 Å². The van der Waals surface area contributed by atoms with Gasteiger partial charge in [-0.25, -0.2) is 0 Å². The van der Waals surface area contributed by atoms with Gasteiger partial charge in [-0.1, -0.05) is 67.4 Å². The van der Waals surface area contributed by atoms with E-state index in [1.54, 1.807) is 5.56 Å². The SMILES string of the molecule is CCCc1cc2c(c3ccc(C)cc13)CCc1ccccc1-2. The lowest BCUT2D eigenvalue weighted by atomic mass is 9.81. The monoisotopic (exact) mass is 286 g/mol. The molecule has 0 fully saturated rings. The second kappa shape index (κ2) is 5.28. The maximum Gasteiger partial charge on any atom is -0.0140 e. The van der Waals surface area contributed by atoms with Crippen molar-refractivity contribution in [3.8, 4) is 11.1 Å². The van der Waals surface area contributed by atoms with Crippen LogP contribution in [-0.4, -0.2) is 0 Å². The Hall–Kier alpha value is -2.08. The minimum Gasteiger partial charge on any atom is -0.0651 e. The third kappa shape index (κ3) is 2.06. The molecule has 3 aromatic rings. The third-order valence-electron chi connectivity index (χ3n) is 4.96. The largest absolute Gasteiger partial charge is 0.0651 e. The summed E-state index contributed by atoms with van der Waals surface area (Å²) >= 11 is 0. The van der Waals surface area contributed by atoms with Crippen molar-refractivity contribution in [2.24, 2.45) is 0 Å². The molecule has 110 valence electrons. The van der Waals surface area contributed by atoms with Gasteiger partial charge in [-0.3, -0.25) is 0 Å². The minimum atomic E-state index is 1.16. The fraction of sp³-hybridized carbons (Fsp3) is 0.273. The van der Waals surface area contributed by atoms with Crippen LogP contribution in [0.4, 0.5) is 0 Å².